The molecule has 49 heavy (non-hydrogen) atoms. The fourth-order valence-electron chi connectivity index (χ4n) is 7.05. The van der Waals surface area contributed by atoms with Crippen LogP contribution in [0.15, 0.2) is 91.0 Å². The van der Waals surface area contributed by atoms with Crippen LogP contribution in [0.25, 0.3) is 0 Å². The Hall–Kier alpha value is -5.10. The lowest BCUT2D eigenvalue weighted by molar-refractivity contribution is -0.277. The average Bonchev–Trinajstić information content (AvgIpc) is 3.43. The maximum atomic E-state index is 17.2. The van der Waals surface area contributed by atoms with Gasteiger partial charge in [0.1, 0.15) is 12.7 Å². The van der Waals surface area contributed by atoms with Gasteiger partial charge in [0.2, 0.25) is 5.67 Å². The quantitative estimate of drug-likeness (QED) is 0.238. The summed E-state index contributed by atoms with van der Waals surface area (Å²) in [7, 11) is 1.17. The third kappa shape index (κ3) is 5.34. The lowest BCUT2D eigenvalue weighted by atomic mass is 9.40. The lowest BCUT2D eigenvalue weighted by Crippen LogP contribution is -2.88. The van der Waals surface area contributed by atoms with Crippen LogP contribution in [0, 0.1) is 10.8 Å². The zero-order chi connectivity index (χ0) is 35.3. The molecule has 6 rings (SSSR count). The van der Waals surface area contributed by atoms with Crippen LogP contribution in [-0.2, 0) is 23.7 Å². The van der Waals surface area contributed by atoms with E-state index in [1.165, 1.54) is 31.3 Å². The zero-order valence-electron chi connectivity index (χ0n) is 27.7. The molecule has 0 spiro atoms. The van der Waals surface area contributed by atoms with Crippen LogP contribution in [0.1, 0.15) is 58.8 Å². The monoisotopic (exact) mass is 672 g/mol. The Balaban J connectivity index is 1.42. The smallest absolute Gasteiger partial charge is 0.338 e. The number of imide groups is 1. The van der Waals surface area contributed by atoms with E-state index in [-0.39, 0.29) is 16.7 Å². The Labute approximate surface area is 282 Å². The molecule has 0 aromatic heterocycles. The molecule has 1 saturated carbocycles. The molecule has 11 nitrogen and oxygen atoms in total. The van der Waals surface area contributed by atoms with E-state index < -0.39 is 83.5 Å². The summed E-state index contributed by atoms with van der Waals surface area (Å²) >= 11 is 0. The number of hydrogen-bond donors (Lipinski definition) is 0. The number of carbonyl (C=O) groups excluding carboxylic acids is 5. The largest absolute Gasteiger partial charge is 0.459 e. The number of esters is 3. The molecule has 12 heteroatoms. The van der Waals surface area contributed by atoms with Crippen molar-refractivity contribution in [1.29, 1.82) is 0 Å². The van der Waals surface area contributed by atoms with Crippen LogP contribution in [0.3, 0.4) is 0 Å². The third-order valence-corrected chi connectivity index (χ3v) is 10.4. The first kappa shape index (κ1) is 33.8. The number of hydrogen-bond acceptors (Lipinski definition) is 9. The van der Waals surface area contributed by atoms with Gasteiger partial charge in [-0.25, -0.2) is 23.6 Å². The van der Waals surface area contributed by atoms with Gasteiger partial charge in [-0.15, -0.1) is 0 Å². The van der Waals surface area contributed by atoms with Crippen LogP contribution in [-0.4, -0.2) is 89.6 Å². The van der Waals surface area contributed by atoms with E-state index >= 15 is 4.39 Å². The number of rotatable bonds is 8. The molecular formula is C37H37FN2O9. The maximum Gasteiger partial charge on any atom is 0.338 e. The molecule has 3 aromatic rings. The van der Waals surface area contributed by atoms with E-state index in [1.807, 2.05) is 0 Å². The SMILES string of the molecule is CN1C(=O)N([C@@H]2O[C@H](COC(=O)c3ccccc3)[C@@H](OC(=O)c3ccccc3)[C@H]2OC(=O)c2ccccc2)[C@@H]2C(C)(C)C(C)(C)[C@]2(F)C1=O. The van der Waals surface area contributed by atoms with Crippen LogP contribution < -0.4 is 0 Å². The van der Waals surface area contributed by atoms with Crippen molar-refractivity contribution >= 4 is 29.8 Å². The standard InChI is InChI=1S/C37H37FN2O9/c1-35(2)32-37(38,36(35,3)4)33(44)39(5)34(45)40(32)28-27(49-31(43)24-19-13-8-14-20-24)26(48-30(42)23-17-11-7-12-18-23)25(47-28)21-46-29(41)22-15-9-6-10-16-22/h6-20,25-28,32H,21H2,1-5H3/t25-,26-,27-,28-,32-,37-/m1/s1. The second kappa shape index (κ2) is 12.4. The van der Waals surface area contributed by atoms with Crippen molar-refractivity contribution in [3.63, 3.8) is 0 Å². The molecular weight excluding hydrogens is 635 g/mol. The van der Waals surface area contributed by atoms with Gasteiger partial charge in [-0.2, -0.15) is 0 Å². The minimum atomic E-state index is -2.54. The molecule has 0 bridgehead atoms. The molecule has 256 valence electrons. The lowest BCUT2D eigenvalue weighted by Gasteiger charge is -2.71. The minimum absolute atomic E-state index is 0.149. The predicted molar refractivity (Wildman–Crippen MR) is 172 cm³/mol. The van der Waals surface area contributed by atoms with Crippen molar-refractivity contribution in [2.75, 3.05) is 13.7 Å². The number of halogens is 1. The maximum absolute atomic E-state index is 17.2. The van der Waals surface area contributed by atoms with E-state index in [0.29, 0.717) is 4.90 Å². The fourth-order valence-corrected chi connectivity index (χ4v) is 7.05. The summed E-state index contributed by atoms with van der Waals surface area (Å²) in [6.07, 6.45) is -5.86. The van der Waals surface area contributed by atoms with Gasteiger partial charge in [0.25, 0.3) is 5.91 Å². The van der Waals surface area contributed by atoms with Crippen LogP contribution in [0.5, 0.6) is 0 Å². The number of urea groups is 1. The Morgan fingerprint density at radius 1 is 0.735 bits per heavy atom. The van der Waals surface area contributed by atoms with Gasteiger partial charge < -0.3 is 18.9 Å². The van der Waals surface area contributed by atoms with E-state index in [0.717, 1.165) is 4.90 Å². The Morgan fingerprint density at radius 2 is 1.18 bits per heavy atom. The number of nitrogens with zero attached hydrogens (tertiary/aromatic N) is 2. The number of carbonyl (C=O) groups is 5. The van der Waals surface area contributed by atoms with Gasteiger partial charge in [-0.05, 0) is 41.8 Å². The van der Waals surface area contributed by atoms with Crippen molar-refractivity contribution in [1.82, 2.24) is 9.80 Å². The summed E-state index contributed by atoms with van der Waals surface area (Å²) < 4.78 is 41.1. The Kier molecular flexibility index (Phi) is 8.56. The van der Waals surface area contributed by atoms with E-state index in [9.17, 15) is 24.0 Å². The average molecular weight is 673 g/mol. The van der Waals surface area contributed by atoms with Gasteiger partial charge in [-0.1, -0.05) is 82.3 Å². The molecule has 2 saturated heterocycles. The summed E-state index contributed by atoms with van der Waals surface area (Å²) in [6, 6.07) is 21.9. The molecule has 2 heterocycles. The first-order chi connectivity index (χ1) is 23.2. The number of amides is 3. The number of benzene rings is 3. The highest BCUT2D eigenvalue weighted by molar-refractivity contribution is 6.04. The molecule has 3 aliphatic rings. The zero-order valence-corrected chi connectivity index (χ0v) is 27.7. The highest BCUT2D eigenvalue weighted by Gasteiger charge is 2.82. The summed E-state index contributed by atoms with van der Waals surface area (Å²) in [5.41, 5.74) is -4.19. The third-order valence-electron chi connectivity index (χ3n) is 10.4. The van der Waals surface area contributed by atoms with E-state index in [1.54, 1.807) is 94.4 Å². The second-order valence-electron chi connectivity index (χ2n) is 13.5. The van der Waals surface area contributed by atoms with Gasteiger partial charge in [0, 0.05) is 12.5 Å². The molecule has 2 aliphatic heterocycles. The van der Waals surface area contributed by atoms with Gasteiger partial charge >= 0.3 is 23.9 Å². The van der Waals surface area contributed by atoms with Crippen molar-refractivity contribution in [3.05, 3.63) is 108 Å². The van der Waals surface area contributed by atoms with Crippen LogP contribution >= 0.6 is 0 Å². The van der Waals surface area contributed by atoms with Gasteiger partial charge in [0.05, 0.1) is 22.7 Å². The summed E-state index contributed by atoms with van der Waals surface area (Å²) in [5.74, 6) is -3.35. The Bertz CT molecular complexity index is 1770. The molecule has 3 aromatic carbocycles. The van der Waals surface area contributed by atoms with E-state index in [2.05, 4.69) is 0 Å². The van der Waals surface area contributed by atoms with Crippen molar-refractivity contribution in [2.45, 2.75) is 63.9 Å². The fraction of sp³-hybridized carbons (Fsp3) is 0.378. The van der Waals surface area contributed by atoms with Crippen LogP contribution in [0.2, 0.25) is 0 Å². The number of alkyl halides is 1. The van der Waals surface area contributed by atoms with Gasteiger partial charge in [-0.3, -0.25) is 14.6 Å². The minimum Gasteiger partial charge on any atom is -0.459 e. The first-order valence-electron chi connectivity index (χ1n) is 15.9. The van der Waals surface area contributed by atoms with Crippen molar-refractivity contribution < 1.29 is 47.3 Å². The molecule has 0 radical (unpaired) electrons. The Morgan fingerprint density at radius 3 is 1.67 bits per heavy atom. The number of ether oxygens (including phenoxy) is 4. The summed E-state index contributed by atoms with van der Waals surface area (Å²) in [6.45, 7) is 6.21. The van der Waals surface area contributed by atoms with Crippen molar-refractivity contribution in [3.8, 4) is 0 Å². The molecule has 3 fully saturated rings. The van der Waals surface area contributed by atoms with Crippen LogP contribution in [0.4, 0.5) is 9.18 Å². The number of fused-ring (bicyclic) bond motifs is 1. The normalized spacial score (nSPS) is 28.2. The summed E-state index contributed by atoms with van der Waals surface area (Å²) in [5, 5.41) is 0. The highest BCUT2D eigenvalue weighted by Crippen LogP contribution is 2.68. The highest BCUT2D eigenvalue weighted by atomic mass is 19.1. The first-order valence-corrected chi connectivity index (χ1v) is 15.9. The summed E-state index contributed by atoms with van der Waals surface area (Å²) in [4.78, 5) is 69.3. The van der Waals surface area contributed by atoms with E-state index in [4.69, 9.17) is 18.9 Å². The predicted octanol–water partition coefficient (Wildman–Crippen LogP) is 5.06. The molecule has 6 atom stereocenters. The van der Waals surface area contributed by atoms with Crippen molar-refractivity contribution in [2.24, 2.45) is 10.8 Å². The topological polar surface area (TPSA) is 129 Å². The molecule has 3 amide bonds. The van der Waals surface area contributed by atoms with Gasteiger partial charge in [0.15, 0.2) is 18.4 Å². The molecule has 0 unspecified atom stereocenters. The second-order valence-corrected chi connectivity index (χ2v) is 13.5. The molecule has 1 aliphatic carbocycles. The molecule has 0 N–H and O–H groups in total.